The van der Waals surface area contributed by atoms with Crippen molar-refractivity contribution in [1.29, 1.82) is 0 Å². The van der Waals surface area contributed by atoms with Gasteiger partial charge in [0, 0.05) is 18.2 Å². The molecule has 0 rings (SSSR count). The van der Waals surface area contributed by atoms with Crippen LogP contribution in [0.5, 0.6) is 0 Å². The molecule has 0 aliphatic rings. The van der Waals surface area contributed by atoms with E-state index in [-0.39, 0.29) is 0 Å². The minimum atomic E-state index is -2.89. The molecule has 15 heavy (non-hydrogen) atoms. The number of esters is 1. The lowest BCUT2D eigenvalue weighted by Crippen LogP contribution is -2.33. The molecule has 0 aliphatic heterocycles. The Morgan fingerprint density at radius 2 is 2.00 bits per heavy atom. The number of Topliss-reactive ketones (excluding diaryl/α,β-unsaturated/α-hetero) is 1. The van der Waals surface area contributed by atoms with E-state index in [1.807, 2.05) is 0 Å². The number of ketones is 1. The van der Waals surface area contributed by atoms with Crippen molar-refractivity contribution in [1.82, 2.24) is 0 Å². The second-order valence-electron chi connectivity index (χ2n) is 4.44. The number of ether oxygens (including phenoxy) is 1. The van der Waals surface area contributed by atoms with Gasteiger partial charge in [0.25, 0.3) is 0 Å². The maximum Gasteiger partial charge on any atom is 0.306 e. The minimum Gasteiger partial charge on any atom is -0.469 e. The molecule has 0 heterocycles. The Labute approximate surface area is 99.2 Å². The summed E-state index contributed by atoms with van der Waals surface area (Å²) < 4.78 is 43.0. The molecular weight excluding hydrogens is 192 g/mol. The first kappa shape index (κ1) is 7.42. The maximum absolute atomic E-state index is 12.5. The summed E-state index contributed by atoms with van der Waals surface area (Å²) in [6, 6.07) is 0. The highest BCUT2D eigenvalue weighted by atomic mass is 16.5. The molecule has 0 saturated carbocycles. The van der Waals surface area contributed by atoms with Gasteiger partial charge in [-0.15, -0.1) is 0 Å². The average Bonchev–Trinajstić information content (AvgIpc) is 2.24. The van der Waals surface area contributed by atoms with Gasteiger partial charge in [0.2, 0.25) is 0 Å². The quantitative estimate of drug-likeness (QED) is 0.682. The van der Waals surface area contributed by atoms with Crippen molar-refractivity contribution in [3.05, 3.63) is 0 Å². The van der Waals surface area contributed by atoms with E-state index in [1.165, 1.54) is 20.8 Å². The molecule has 0 aromatic heterocycles. The number of hydrogen-bond donors (Lipinski definition) is 0. The summed E-state index contributed by atoms with van der Waals surface area (Å²) >= 11 is 0. The Kier molecular flexibility index (Phi) is 2.61. The van der Waals surface area contributed by atoms with E-state index < -0.39 is 42.2 Å². The zero-order valence-electron chi connectivity index (χ0n) is 14.9. The minimum absolute atomic E-state index is 0.766. The Balaban J connectivity index is 5.97. The number of hydrogen-bond acceptors (Lipinski definition) is 3. The molecule has 2 atom stereocenters. The zero-order valence-corrected chi connectivity index (χ0v) is 9.93. The molecule has 3 heteroatoms. The Morgan fingerprint density at radius 1 is 1.47 bits per heavy atom. The van der Waals surface area contributed by atoms with E-state index in [4.69, 9.17) is 6.85 Å². The van der Waals surface area contributed by atoms with Crippen LogP contribution in [-0.4, -0.2) is 18.9 Å². The third-order valence-electron chi connectivity index (χ3n) is 1.96. The fourth-order valence-electron chi connectivity index (χ4n) is 1.05. The number of carbonyl (C=O) groups is 2. The van der Waals surface area contributed by atoms with Gasteiger partial charge in [0.05, 0.1) is 13.5 Å². The summed E-state index contributed by atoms with van der Waals surface area (Å²) in [5, 5.41) is 0. The summed E-state index contributed by atoms with van der Waals surface area (Å²) in [5.74, 6) is -6.51. The molecule has 0 fully saturated rings. The first-order valence-corrected chi connectivity index (χ1v) is 4.73. The summed E-state index contributed by atoms with van der Waals surface area (Å²) in [7, 11) is 1.08. The van der Waals surface area contributed by atoms with Crippen molar-refractivity contribution >= 4 is 11.8 Å². The van der Waals surface area contributed by atoms with Crippen molar-refractivity contribution < 1.29 is 21.2 Å². The van der Waals surface area contributed by atoms with E-state index in [2.05, 4.69) is 4.74 Å². The van der Waals surface area contributed by atoms with E-state index in [9.17, 15) is 9.59 Å². The lowest BCUT2D eigenvalue weighted by atomic mass is 9.77. The largest absolute Gasteiger partial charge is 0.469 e. The van der Waals surface area contributed by atoms with Crippen molar-refractivity contribution in [2.24, 2.45) is 17.2 Å². The van der Waals surface area contributed by atoms with Crippen LogP contribution in [0.2, 0.25) is 0 Å². The molecule has 0 spiro atoms. The standard InChI is InChI=1S/C12H22O3/c1-8(2)9(7-10(13)15-6)11(14)12(3,4)5/h8-9H,7H2,1-6H3/t9-/m0/s1/i1D3,8D,9D/t8?,9-. The molecule has 0 saturated heterocycles. The zero-order chi connectivity index (χ0) is 16.6. The Bertz CT molecular complexity index is 395. The van der Waals surface area contributed by atoms with Crippen LogP contribution in [0, 0.1) is 17.2 Å². The number of carbonyl (C=O) groups excluding carboxylic acids is 2. The third-order valence-corrected chi connectivity index (χ3v) is 1.96. The fourth-order valence-corrected chi connectivity index (χ4v) is 1.05. The van der Waals surface area contributed by atoms with E-state index in [1.54, 1.807) is 0 Å². The van der Waals surface area contributed by atoms with Crippen LogP contribution in [0.1, 0.15) is 47.8 Å². The third kappa shape index (κ3) is 4.45. The molecular formula is C12H22O3. The molecule has 1 unspecified atom stereocenters. The first-order valence-electron chi connectivity index (χ1n) is 7.23. The molecule has 0 radical (unpaired) electrons. The molecule has 88 valence electrons. The molecule has 0 aromatic rings. The molecule has 0 aliphatic carbocycles. The van der Waals surface area contributed by atoms with Gasteiger partial charge in [-0.25, -0.2) is 0 Å². The molecule has 3 nitrogen and oxygen atoms in total. The summed E-state index contributed by atoms with van der Waals surface area (Å²) in [6.45, 7) is 2.66. The SMILES string of the molecule is [2H]C([2H])([2H])C([2H])(C)[C@]([2H])(CC(=O)OC)C(=O)C(C)(C)C. The van der Waals surface area contributed by atoms with Gasteiger partial charge in [0.1, 0.15) is 5.78 Å². The Hall–Kier alpha value is -0.860. The monoisotopic (exact) mass is 219 g/mol. The lowest BCUT2D eigenvalue weighted by molar-refractivity contribution is -0.146. The van der Waals surface area contributed by atoms with E-state index >= 15 is 0 Å². The lowest BCUT2D eigenvalue weighted by Gasteiger charge is -2.26. The molecule has 0 N–H and O–H groups in total. The van der Waals surface area contributed by atoms with Gasteiger partial charge in [-0.3, -0.25) is 9.59 Å². The van der Waals surface area contributed by atoms with Crippen molar-refractivity contribution in [3.8, 4) is 0 Å². The second-order valence-corrected chi connectivity index (χ2v) is 4.44. The highest BCUT2D eigenvalue weighted by Crippen LogP contribution is 2.27. The first-order chi connectivity index (χ1) is 8.61. The van der Waals surface area contributed by atoms with Gasteiger partial charge >= 0.3 is 5.97 Å². The van der Waals surface area contributed by atoms with Gasteiger partial charge in [-0.05, 0) is 5.89 Å². The van der Waals surface area contributed by atoms with Gasteiger partial charge in [0.15, 0.2) is 0 Å². The number of rotatable bonds is 4. The van der Waals surface area contributed by atoms with Crippen LogP contribution < -0.4 is 0 Å². The van der Waals surface area contributed by atoms with E-state index in [0.717, 1.165) is 14.0 Å². The summed E-state index contributed by atoms with van der Waals surface area (Å²) in [5.41, 5.74) is -1.05. The summed E-state index contributed by atoms with van der Waals surface area (Å²) in [6.07, 6.45) is -0.766. The smallest absolute Gasteiger partial charge is 0.306 e. The maximum atomic E-state index is 12.5. The van der Waals surface area contributed by atoms with Crippen LogP contribution >= 0.6 is 0 Å². The van der Waals surface area contributed by atoms with Crippen LogP contribution in [-0.2, 0) is 14.3 Å². The molecule has 0 aromatic carbocycles. The second kappa shape index (κ2) is 5.29. The van der Waals surface area contributed by atoms with Crippen molar-refractivity contribution in [3.63, 3.8) is 0 Å². The van der Waals surface area contributed by atoms with Crippen LogP contribution in [0.3, 0.4) is 0 Å². The molecule has 0 amide bonds. The predicted octanol–water partition coefficient (Wildman–Crippen LogP) is 2.44. The highest BCUT2D eigenvalue weighted by Gasteiger charge is 2.33. The van der Waals surface area contributed by atoms with Crippen LogP contribution in [0.15, 0.2) is 0 Å². The fraction of sp³-hybridized carbons (Fsp3) is 0.833. The van der Waals surface area contributed by atoms with Gasteiger partial charge in [-0.1, -0.05) is 34.5 Å². The van der Waals surface area contributed by atoms with Crippen LogP contribution in [0.4, 0.5) is 0 Å². The summed E-state index contributed by atoms with van der Waals surface area (Å²) in [4.78, 5) is 23.9. The van der Waals surface area contributed by atoms with Gasteiger partial charge in [-0.2, -0.15) is 0 Å². The normalized spacial score (nSPS) is 25.5. The van der Waals surface area contributed by atoms with Gasteiger partial charge < -0.3 is 4.74 Å². The van der Waals surface area contributed by atoms with Crippen molar-refractivity contribution in [2.45, 2.75) is 41.0 Å². The van der Waals surface area contributed by atoms with Crippen LogP contribution in [0.25, 0.3) is 0 Å². The van der Waals surface area contributed by atoms with E-state index in [0.29, 0.717) is 0 Å². The van der Waals surface area contributed by atoms with Crippen molar-refractivity contribution in [2.75, 3.05) is 7.11 Å². The highest BCUT2D eigenvalue weighted by molar-refractivity contribution is 5.89. The topological polar surface area (TPSA) is 43.4 Å². The number of methoxy groups -OCH3 is 1. The predicted molar refractivity (Wildman–Crippen MR) is 59.4 cm³/mol. The Morgan fingerprint density at radius 3 is 2.33 bits per heavy atom. The molecule has 0 bridgehead atoms. The average molecular weight is 219 g/mol.